The molecule has 2 aliphatic rings. The molecule has 196 valence electrons. The second-order valence-corrected chi connectivity index (χ2v) is 12.4. The lowest BCUT2D eigenvalue weighted by Crippen LogP contribution is -2.43. The number of benzene rings is 2. The molecule has 7 nitrogen and oxygen atoms in total. The number of carbonyl (C=O) groups is 1. The molecule has 2 fully saturated rings. The minimum Gasteiger partial charge on any atom is -0.379 e. The number of piperidine rings is 1. The zero-order valence-electron chi connectivity index (χ0n) is 21.7. The van der Waals surface area contributed by atoms with Gasteiger partial charge in [-0.2, -0.15) is 4.31 Å². The molecule has 1 N–H and O–H groups in total. The second-order valence-electron chi connectivity index (χ2n) is 10.4. The Labute approximate surface area is 215 Å². The van der Waals surface area contributed by atoms with Crippen LogP contribution >= 0.6 is 0 Å². The number of ketones is 1. The summed E-state index contributed by atoms with van der Waals surface area (Å²) >= 11 is 0. The average molecular weight is 514 g/mol. The van der Waals surface area contributed by atoms with Gasteiger partial charge >= 0.3 is 0 Å². The fourth-order valence-corrected chi connectivity index (χ4v) is 7.07. The number of ether oxygens (including phenoxy) is 1. The third-order valence-electron chi connectivity index (χ3n) is 7.20. The largest absolute Gasteiger partial charge is 0.379 e. The molecule has 0 aromatic heterocycles. The Morgan fingerprint density at radius 2 is 1.72 bits per heavy atom. The SMILES string of the molecule is Cc1ccc(C(CNCC(=O)c2cccc(S(=O)(=O)N3CC(C)CC(C)C3)c2)N2CCOCC2)cc1. The van der Waals surface area contributed by atoms with Gasteiger partial charge in [0.05, 0.1) is 24.7 Å². The van der Waals surface area contributed by atoms with Crippen molar-refractivity contribution < 1.29 is 17.9 Å². The van der Waals surface area contributed by atoms with E-state index in [1.54, 1.807) is 22.5 Å². The van der Waals surface area contributed by atoms with Gasteiger partial charge in [0.2, 0.25) is 10.0 Å². The van der Waals surface area contributed by atoms with E-state index < -0.39 is 10.0 Å². The summed E-state index contributed by atoms with van der Waals surface area (Å²) in [7, 11) is -3.63. The zero-order chi connectivity index (χ0) is 25.7. The monoisotopic (exact) mass is 513 g/mol. The van der Waals surface area contributed by atoms with E-state index >= 15 is 0 Å². The summed E-state index contributed by atoms with van der Waals surface area (Å²) < 4.78 is 33.7. The lowest BCUT2D eigenvalue weighted by atomic mass is 9.94. The van der Waals surface area contributed by atoms with Gasteiger partial charge in [0.15, 0.2) is 5.78 Å². The van der Waals surface area contributed by atoms with Gasteiger partial charge in [-0.25, -0.2) is 8.42 Å². The fraction of sp³-hybridized carbons (Fsp3) is 0.536. The number of carbonyl (C=O) groups excluding carboxylic acids is 1. The Morgan fingerprint density at radius 3 is 2.39 bits per heavy atom. The molecule has 4 rings (SSSR count). The summed E-state index contributed by atoms with van der Waals surface area (Å²) in [5.41, 5.74) is 2.84. The van der Waals surface area contributed by atoms with Crippen molar-refractivity contribution in [3.63, 3.8) is 0 Å². The molecule has 3 unspecified atom stereocenters. The van der Waals surface area contributed by atoms with Crippen molar-refractivity contribution in [3.8, 4) is 0 Å². The average Bonchev–Trinajstić information content (AvgIpc) is 2.87. The first-order valence-electron chi connectivity index (χ1n) is 13.0. The lowest BCUT2D eigenvalue weighted by Gasteiger charge is -2.35. The van der Waals surface area contributed by atoms with Gasteiger partial charge in [0.1, 0.15) is 0 Å². The highest BCUT2D eigenvalue weighted by molar-refractivity contribution is 7.89. The van der Waals surface area contributed by atoms with Crippen LogP contribution in [0.3, 0.4) is 0 Å². The van der Waals surface area contributed by atoms with Crippen LogP contribution in [-0.4, -0.2) is 75.9 Å². The molecule has 0 amide bonds. The molecule has 2 heterocycles. The third kappa shape index (κ3) is 6.61. The summed E-state index contributed by atoms with van der Waals surface area (Å²) in [6, 6.07) is 15.2. The van der Waals surface area contributed by atoms with Crippen molar-refractivity contribution in [2.24, 2.45) is 11.8 Å². The van der Waals surface area contributed by atoms with Crippen molar-refractivity contribution in [1.82, 2.24) is 14.5 Å². The first-order chi connectivity index (χ1) is 17.2. The number of morpholine rings is 1. The fourth-order valence-electron chi connectivity index (χ4n) is 5.34. The van der Waals surface area contributed by atoms with Crippen molar-refractivity contribution in [2.45, 2.75) is 38.1 Å². The molecule has 2 aromatic rings. The Bertz CT molecular complexity index is 1120. The number of hydrogen-bond acceptors (Lipinski definition) is 6. The van der Waals surface area contributed by atoms with E-state index in [1.165, 1.54) is 17.2 Å². The van der Waals surface area contributed by atoms with Crippen LogP contribution in [0.1, 0.15) is 47.8 Å². The summed E-state index contributed by atoms with van der Waals surface area (Å²) in [5, 5.41) is 3.34. The highest BCUT2D eigenvalue weighted by atomic mass is 32.2. The minimum absolute atomic E-state index is 0.114. The van der Waals surface area contributed by atoms with Crippen LogP contribution in [-0.2, 0) is 14.8 Å². The molecule has 2 saturated heterocycles. The predicted octanol–water partition coefficient (Wildman–Crippen LogP) is 3.51. The Balaban J connectivity index is 1.42. The highest BCUT2D eigenvalue weighted by Gasteiger charge is 2.32. The number of nitrogens with zero attached hydrogens (tertiary/aromatic N) is 2. The van der Waals surface area contributed by atoms with Crippen LogP contribution < -0.4 is 5.32 Å². The highest BCUT2D eigenvalue weighted by Crippen LogP contribution is 2.27. The van der Waals surface area contributed by atoms with Gasteiger partial charge in [-0.05, 0) is 42.9 Å². The van der Waals surface area contributed by atoms with E-state index in [0.29, 0.717) is 50.2 Å². The van der Waals surface area contributed by atoms with Crippen LogP contribution in [0.4, 0.5) is 0 Å². The normalized spacial score (nSPS) is 22.9. The number of rotatable bonds is 9. The Kier molecular flexibility index (Phi) is 8.96. The first-order valence-corrected chi connectivity index (χ1v) is 14.4. The maximum Gasteiger partial charge on any atom is 0.243 e. The van der Waals surface area contributed by atoms with Gasteiger partial charge in [-0.15, -0.1) is 0 Å². The maximum absolute atomic E-state index is 13.3. The van der Waals surface area contributed by atoms with E-state index in [0.717, 1.165) is 19.5 Å². The topological polar surface area (TPSA) is 79.0 Å². The number of sulfonamides is 1. The summed E-state index contributed by atoms with van der Waals surface area (Å²) in [6.45, 7) is 11.2. The van der Waals surface area contributed by atoms with E-state index in [2.05, 4.69) is 55.3 Å². The van der Waals surface area contributed by atoms with Gasteiger partial charge < -0.3 is 10.1 Å². The number of hydrogen-bond donors (Lipinski definition) is 1. The Morgan fingerprint density at radius 1 is 1.06 bits per heavy atom. The lowest BCUT2D eigenvalue weighted by molar-refractivity contribution is 0.0162. The van der Waals surface area contributed by atoms with E-state index in [9.17, 15) is 13.2 Å². The van der Waals surface area contributed by atoms with E-state index in [4.69, 9.17) is 4.74 Å². The molecule has 0 bridgehead atoms. The summed E-state index contributed by atoms with van der Waals surface area (Å²) in [4.78, 5) is 15.6. The second kappa shape index (κ2) is 12.0. The van der Waals surface area contributed by atoms with Crippen LogP contribution in [0.2, 0.25) is 0 Å². The van der Waals surface area contributed by atoms with Crippen molar-refractivity contribution >= 4 is 15.8 Å². The van der Waals surface area contributed by atoms with Gasteiger partial charge in [-0.3, -0.25) is 9.69 Å². The summed E-state index contributed by atoms with van der Waals surface area (Å²) in [5.74, 6) is 0.535. The summed E-state index contributed by atoms with van der Waals surface area (Å²) in [6.07, 6.45) is 1.03. The number of Topliss-reactive ketones (excluding diaryl/α,β-unsaturated/α-hetero) is 1. The molecule has 2 aliphatic heterocycles. The smallest absolute Gasteiger partial charge is 0.243 e. The molecule has 2 aromatic carbocycles. The molecular weight excluding hydrogens is 474 g/mol. The molecular formula is C28H39N3O4S. The predicted molar refractivity (Wildman–Crippen MR) is 142 cm³/mol. The van der Waals surface area contributed by atoms with Crippen molar-refractivity contribution in [3.05, 3.63) is 65.2 Å². The molecule has 0 saturated carbocycles. The first kappa shape index (κ1) is 26.9. The molecule has 0 aliphatic carbocycles. The quantitative estimate of drug-likeness (QED) is 0.517. The van der Waals surface area contributed by atoms with Crippen molar-refractivity contribution in [2.75, 3.05) is 52.5 Å². The number of nitrogens with one attached hydrogen (secondary N) is 1. The van der Waals surface area contributed by atoms with Crippen LogP contribution in [0.25, 0.3) is 0 Å². The van der Waals surface area contributed by atoms with E-state index in [1.807, 2.05) is 0 Å². The third-order valence-corrected chi connectivity index (χ3v) is 9.03. The van der Waals surface area contributed by atoms with Crippen LogP contribution in [0.15, 0.2) is 53.4 Å². The van der Waals surface area contributed by atoms with Gasteiger partial charge in [0.25, 0.3) is 0 Å². The molecule has 8 heteroatoms. The van der Waals surface area contributed by atoms with Crippen LogP contribution in [0.5, 0.6) is 0 Å². The standard InChI is InChI=1S/C28H39N3O4S/c1-21-7-9-24(10-8-21)27(30-11-13-35-14-12-30)17-29-18-28(32)25-5-4-6-26(16-25)36(33,34)31-19-22(2)15-23(3)20-31/h4-10,16,22-23,27,29H,11-15,17-20H2,1-3H3. The molecule has 36 heavy (non-hydrogen) atoms. The minimum atomic E-state index is -3.63. The van der Waals surface area contributed by atoms with Gasteiger partial charge in [0, 0.05) is 44.3 Å². The van der Waals surface area contributed by atoms with Crippen LogP contribution in [0, 0.1) is 18.8 Å². The van der Waals surface area contributed by atoms with E-state index in [-0.39, 0.29) is 23.3 Å². The molecule has 0 radical (unpaired) electrons. The Hall–Kier alpha value is -2.10. The zero-order valence-corrected chi connectivity index (χ0v) is 22.5. The molecule has 3 atom stereocenters. The number of aryl methyl sites for hydroxylation is 1. The van der Waals surface area contributed by atoms with Crippen molar-refractivity contribution in [1.29, 1.82) is 0 Å². The van der Waals surface area contributed by atoms with Gasteiger partial charge in [-0.1, -0.05) is 55.8 Å². The maximum atomic E-state index is 13.3. The molecule has 0 spiro atoms.